The van der Waals surface area contributed by atoms with Crippen LogP contribution in [0.25, 0.3) is 0 Å². The van der Waals surface area contributed by atoms with Crippen LogP contribution in [0.15, 0.2) is 30.3 Å². The molecule has 0 saturated heterocycles. The van der Waals surface area contributed by atoms with Gasteiger partial charge in [-0.1, -0.05) is 51.1 Å². The number of carbonyl (C=O) groups excluding carboxylic acids is 1. The van der Waals surface area contributed by atoms with Crippen molar-refractivity contribution in [2.75, 3.05) is 12.9 Å². The summed E-state index contributed by atoms with van der Waals surface area (Å²) >= 11 is 0. The minimum absolute atomic E-state index is 0.101. The normalized spacial score (nSPS) is 15.5. The van der Waals surface area contributed by atoms with E-state index in [2.05, 4.69) is 11.4 Å². The number of ether oxygens (including phenoxy) is 2. The Balaban J connectivity index is 3.37. The highest BCUT2D eigenvalue weighted by Crippen LogP contribution is 2.38. The highest BCUT2D eigenvalue weighted by atomic mass is 32.2. The number of rotatable bonds is 11. The minimum Gasteiger partial charge on any atom is -0.444 e. The smallest absolute Gasteiger partial charge is 0.408 e. The molecule has 35 heavy (non-hydrogen) atoms. The Morgan fingerprint density at radius 1 is 1.11 bits per heavy atom. The van der Waals surface area contributed by atoms with Gasteiger partial charge in [0.05, 0.1) is 31.6 Å². The average Bonchev–Trinajstić information content (AvgIpc) is 2.68. The van der Waals surface area contributed by atoms with E-state index in [1.165, 1.54) is 0 Å². The predicted octanol–water partition coefficient (Wildman–Crippen LogP) is 4.36. The quantitative estimate of drug-likeness (QED) is 0.332. The van der Waals surface area contributed by atoms with Gasteiger partial charge >= 0.3 is 6.09 Å². The molecule has 0 radical (unpaired) electrons. The van der Waals surface area contributed by atoms with Gasteiger partial charge < -0.3 is 19.2 Å². The second-order valence-corrected chi connectivity index (χ2v) is 17.3. The van der Waals surface area contributed by atoms with E-state index >= 15 is 0 Å². The van der Waals surface area contributed by atoms with Gasteiger partial charge in [0.25, 0.3) is 10.1 Å². The van der Waals surface area contributed by atoms with Crippen LogP contribution in [-0.4, -0.2) is 59.5 Å². The number of nitrogens with one attached hydrogen (secondary N) is 1. The Morgan fingerprint density at radius 3 is 2.14 bits per heavy atom. The molecule has 0 spiro atoms. The van der Waals surface area contributed by atoms with Gasteiger partial charge in [-0.15, -0.1) is 0 Å². The van der Waals surface area contributed by atoms with Crippen LogP contribution in [0, 0.1) is 11.3 Å². The lowest BCUT2D eigenvalue weighted by Gasteiger charge is -2.40. The standard InChI is InChI=1S/C24H40N2O7SSi/c1-23(2,3)32-22(27)26-21(19(15-25)33-35(8,9)24(4,5)6)20(17-31-34(7,28)29)30-16-18-13-11-10-12-14-18/h10-14,19-21H,16-17H2,1-9H3,(H,26,27)/t19-,20+,21+/m1/s1. The van der Waals surface area contributed by atoms with Crippen molar-refractivity contribution in [3.8, 4) is 6.07 Å². The van der Waals surface area contributed by atoms with E-state index in [4.69, 9.17) is 18.1 Å². The predicted molar refractivity (Wildman–Crippen MR) is 137 cm³/mol. The number of nitriles is 1. The molecule has 3 atom stereocenters. The zero-order chi connectivity index (χ0) is 27.1. The third kappa shape index (κ3) is 11.5. The number of amides is 1. The number of benzene rings is 1. The Hall–Kier alpha value is -1.97. The van der Waals surface area contributed by atoms with Crippen molar-refractivity contribution in [1.82, 2.24) is 5.32 Å². The van der Waals surface area contributed by atoms with Crippen molar-refractivity contribution < 1.29 is 31.3 Å². The molecule has 1 rings (SSSR count). The molecule has 0 aliphatic heterocycles. The Bertz CT molecular complexity index is 964. The SMILES string of the molecule is CC(C)(C)OC(=O)N[C@H]([C@H](COS(C)(=O)=O)OCc1ccccc1)[C@@H](C#N)O[Si](C)(C)C(C)(C)C. The first kappa shape index (κ1) is 31.1. The summed E-state index contributed by atoms with van der Waals surface area (Å²) in [6.45, 7) is 14.9. The van der Waals surface area contributed by atoms with E-state index in [0.29, 0.717) is 0 Å². The fourth-order valence-electron chi connectivity index (χ4n) is 2.70. The fraction of sp³-hybridized carbons (Fsp3) is 0.667. The van der Waals surface area contributed by atoms with Gasteiger partial charge in [0.1, 0.15) is 11.7 Å². The lowest BCUT2D eigenvalue weighted by molar-refractivity contribution is -0.0354. The van der Waals surface area contributed by atoms with Gasteiger partial charge in [-0.3, -0.25) is 4.18 Å². The maximum absolute atomic E-state index is 12.7. The maximum Gasteiger partial charge on any atom is 0.408 e. The van der Waals surface area contributed by atoms with E-state index in [9.17, 15) is 18.5 Å². The molecular weight excluding hydrogens is 488 g/mol. The molecule has 9 nitrogen and oxygen atoms in total. The topological polar surface area (TPSA) is 124 Å². The van der Waals surface area contributed by atoms with Crippen molar-refractivity contribution >= 4 is 24.5 Å². The molecule has 0 heterocycles. The second kappa shape index (κ2) is 12.3. The van der Waals surface area contributed by atoms with Gasteiger partial charge in [0, 0.05) is 0 Å². The van der Waals surface area contributed by atoms with Gasteiger partial charge in [-0.05, 0) is 44.5 Å². The minimum atomic E-state index is -3.82. The van der Waals surface area contributed by atoms with Crippen molar-refractivity contribution in [3.05, 3.63) is 35.9 Å². The number of hydrogen-bond acceptors (Lipinski definition) is 8. The Labute approximate surface area is 211 Å². The molecule has 198 valence electrons. The molecule has 1 aromatic rings. The fourth-order valence-corrected chi connectivity index (χ4v) is 4.27. The summed E-state index contributed by atoms with van der Waals surface area (Å²) in [6.07, 6.45) is -2.04. The maximum atomic E-state index is 12.7. The molecule has 1 amide bonds. The zero-order valence-electron chi connectivity index (χ0n) is 22.2. The van der Waals surface area contributed by atoms with E-state index in [1.54, 1.807) is 20.8 Å². The molecular formula is C24H40N2O7SSi. The molecule has 11 heteroatoms. The van der Waals surface area contributed by atoms with E-state index in [0.717, 1.165) is 11.8 Å². The summed E-state index contributed by atoms with van der Waals surface area (Å²) in [4.78, 5) is 12.7. The highest BCUT2D eigenvalue weighted by molar-refractivity contribution is 7.85. The molecule has 0 unspecified atom stereocenters. The summed E-state index contributed by atoms with van der Waals surface area (Å²) in [6, 6.07) is 10.3. The monoisotopic (exact) mass is 528 g/mol. The van der Waals surface area contributed by atoms with Crippen LogP contribution in [0.2, 0.25) is 18.1 Å². The molecule has 0 aromatic heterocycles. The Kier molecular flexibility index (Phi) is 10.9. The van der Waals surface area contributed by atoms with E-state index in [-0.39, 0.29) is 11.6 Å². The molecule has 0 aliphatic carbocycles. The van der Waals surface area contributed by atoms with Crippen molar-refractivity contribution in [2.24, 2.45) is 0 Å². The van der Waals surface area contributed by atoms with E-state index < -0.39 is 55.0 Å². The molecule has 1 N–H and O–H groups in total. The van der Waals surface area contributed by atoms with Crippen LogP contribution in [-0.2, 0) is 34.8 Å². The lowest BCUT2D eigenvalue weighted by Crippen LogP contribution is -2.58. The number of hydrogen-bond donors (Lipinski definition) is 1. The average molecular weight is 529 g/mol. The highest BCUT2D eigenvalue weighted by Gasteiger charge is 2.43. The molecule has 0 fully saturated rings. The summed E-state index contributed by atoms with van der Waals surface area (Å²) < 4.78 is 46.3. The van der Waals surface area contributed by atoms with Crippen LogP contribution in [0.5, 0.6) is 0 Å². The molecule has 0 bridgehead atoms. The van der Waals surface area contributed by atoms with Crippen molar-refractivity contribution in [2.45, 2.75) is 90.1 Å². The summed E-state index contributed by atoms with van der Waals surface area (Å²) in [5.41, 5.74) is 0.0347. The number of alkyl carbamates (subject to hydrolysis) is 1. The second-order valence-electron chi connectivity index (χ2n) is 10.9. The van der Waals surface area contributed by atoms with Gasteiger partial charge in [0.15, 0.2) is 14.4 Å². The van der Waals surface area contributed by atoms with Gasteiger partial charge in [0.2, 0.25) is 0 Å². The van der Waals surface area contributed by atoms with Crippen LogP contribution >= 0.6 is 0 Å². The third-order valence-corrected chi connectivity index (χ3v) is 10.5. The van der Waals surface area contributed by atoms with Crippen LogP contribution in [0.4, 0.5) is 4.79 Å². The summed E-state index contributed by atoms with van der Waals surface area (Å²) in [5.74, 6) is 0. The zero-order valence-corrected chi connectivity index (χ0v) is 24.1. The van der Waals surface area contributed by atoms with E-state index in [1.807, 2.05) is 64.2 Å². The van der Waals surface area contributed by atoms with Crippen LogP contribution < -0.4 is 5.32 Å². The number of nitrogens with zero attached hydrogens (tertiary/aromatic N) is 1. The molecule has 0 saturated carbocycles. The molecule has 1 aromatic carbocycles. The number of carbonyl (C=O) groups is 1. The third-order valence-electron chi connectivity index (χ3n) is 5.52. The van der Waals surface area contributed by atoms with Crippen molar-refractivity contribution in [3.63, 3.8) is 0 Å². The molecule has 0 aliphatic rings. The van der Waals surface area contributed by atoms with Crippen molar-refractivity contribution in [1.29, 1.82) is 5.26 Å². The Morgan fingerprint density at radius 2 is 1.69 bits per heavy atom. The van der Waals surface area contributed by atoms with Gasteiger partial charge in [-0.25, -0.2) is 4.79 Å². The van der Waals surface area contributed by atoms with Gasteiger partial charge in [-0.2, -0.15) is 13.7 Å². The summed E-state index contributed by atoms with van der Waals surface area (Å²) in [7, 11) is -6.29. The first-order valence-electron chi connectivity index (χ1n) is 11.4. The lowest BCUT2D eigenvalue weighted by atomic mass is 10.1. The largest absolute Gasteiger partial charge is 0.444 e. The van der Waals surface area contributed by atoms with Crippen LogP contribution in [0.3, 0.4) is 0 Å². The first-order valence-corrected chi connectivity index (χ1v) is 16.1. The first-order chi connectivity index (χ1) is 15.8. The summed E-state index contributed by atoms with van der Waals surface area (Å²) in [5, 5.41) is 12.5. The van der Waals surface area contributed by atoms with Crippen LogP contribution in [0.1, 0.15) is 47.1 Å².